The van der Waals surface area contributed by atoms with Crippen LogP contribution >= 0.6 is 0 Å². The molecule has 1 amide bonds. The zero-order valence-electron chi connectivity index (χ0n) is 13.3. The molecule has 1 aromatic carbocycles. The molecule has 0 spiro atoms. The molecule has 0 aliphatic carbocycles. The molecule has 124 valence electrons. The van der Waals surface area contributed by atoms with Gasteiger partial charge in [-0.25, -0.2) is 0 Å². The minimum absolute atomic E-state index is 0.0336. The third kappa shape index (κ3) is 2.55. The Morgan fingerprint density at radius 1 is 1.04 bits per heavy atom. The molecule has 5 nitrogen and oxygen atoms in total. The van der Waals surface area contributed by atoms with Crippen molar-refractivity contribution in [3.05, 3.63) is 70.1 Å². The number of nitrogens with zero attached hydrogens (tertiary/aromatic N) is 2. The van der Waals surface area contributed by atoms with Crippen LogP contribution < -0.4 is 5.56 Å². The van der Waals surface area contributed by atoms with Gasteiger partial charge in [0, 0.05) is 37.3 Å². The molecule has 0 radical (unpaired) electrons. The van der Waals surface area contributed by atoms with Gasteiger partial charge in [0.15, 0.2) is 6.10 Å². The van der Waals surface area contributed by atoms with E-state index in [1.165, 1.54) is 0 Å². The molecule has 1 saturated heterocycles. The lowest BCUT2D eigenvalue weighted by molar-refractivity contribution is -0.143. The number of hydrogen-bond acceptors (Lipinski definition) is 3. The van der Waals surface area contributed by atoms with Gasteiger partial charge in [0.2, 0.25) is 0 Å². The number of amides is 1. The van der Waals surface area contributed by atoms with Gasteiger partial charge < -0.3 is 14.6 Å². The zero-order valence-corrected chi connectivity index (χ0v) is 13.3. The molecule has 4 rings (SSSR count). The van der Waals surface area contributed by atoms with E-state index in [1.807, 2.05) is 28.8 Å². The summed E-state index contributed by atoms with van der Waals surface area (Å²) < 4.78 is 1.84. The molecule has 0 saturated carbocycles. The van der Waals surface area contributed by atoms with Crippen molar-refractivity contribution >= 4 is 5.91 Å². The number of piperidine rings is 1. The number of pyridine rings is 1. The van der Waals surface area contributed by atoms with Gasteiger partial charge in [-0.3, -0.25) is 9.59 Å². The van der Waals surface area contributed by atoms with Crippen LogP contribution in [0.3, 0.4) is 0 Å². The Kier molecular flexibility index (Phi) is 3.73. The van der Waals surface area contributed by atoms with E-state index >= 15 is 0 Å². The highest BCUT2D eigenvalue weighted by Gasteiger charge is 2.37. The minimum atomic E-state index is -1.12. The maximum Gasteiger partial charge on any atom is 0.256 e. The van der Waals surface area contributed by atoms with Crippen LogP contribution in [0.2, 0.25) is 0 Å². The molecule has 24 heavy (non-hydrogen) atoms. The van der Waals surface area contributed by atoms with Crippen LogP contribution in [-0.4, -0.2) is 33.6 Å². The van der Waals surface area contributed by atoms with Crippen molar-refractivity contribution < 1.29 is 9.90 Å². The van der Waals surface area contributed by atoms with Crippen LogP contribution in [0.1, 0.15) is 29.7 Å². The van der Waals surface area contributed by atoms with E-state index in [9.17, 15) is 14.7 Å². The highest BCUT2D eigenvalue weighted by atomic mass is 16.3. The first-order valence-corrected chi connectivity index (χ1v) is 8.35. The highest BCUT2D eigenvalue weighted by molar-refractivity contribution is 5.82. The maximum absolute atomic E-state index is 12.7. The molecular weight excluding hydrogens is 304 g/mol. The summed E-state index contributed by atoms with van der Waals surface area (Å²) in [7, 11) is 0. The Bertz CT molecular complexity index is 815. The second-order valence-electron chi connectivity index (χ2n) is 6.75. The van der Waals surface area contributed by atoms with Gasteiger partial charge in [-0.05, 0) is 24.0 Å². The average Bonchev–Trinajstić information content (AvgIpc) is 2.62. The van der Waals surface area contributed by atoms with Crippen molar-refractivity contribution in [1.29, 1.82) is 0 Å². The molecule has 2 bridgehead atoms. The fraction of sp³-hybridized carbons (Fsp3) is 0.368. The standard InChI is InChI=1S/C19H20N2O3/c22-17-8-4-7-16-15-9-13(11-21(16)17)10-20(12-15)19(24)18(23)14-5-2-1-3-6-14/h1-8,13,15,18,23H,9-12H2. The molecule has 3 atom stereocenters. The molecule has 3 heterocycles. The predicted octanol–water partition coefficient (Wildman–Crippen LogP) is 1.53. The van der Waals surface area contributed by atoms with Gasteiger partial charge >= 0.3 is 0 Å². The normalized spacial score (nSPS) is 23.5. The van der Waals surface area contributed by atoms with Gasteiger partial charge in [0.1, 0.15) is 0 Å². The number of benzene rings is 1. The fourth-order valence-corrected chi connectivity index (χ4v) is 4.03. The lowest BCUT2D eigenvalue weighted by Crippen LogP contribution is -2.50. The number of carbonyl (C=O) groups is 1. The average molecular weight is 324 g/mol. The Hall–Kier alpha value is -2.40. The van der Waals surface area contributed by atoms with Crippen molar-refractivity contribution in [2.45, 2.75) is 25.0 Å². The number of aromatic nitrogens is 1. The first-order chi connectivity index (χ1) is 11.6. The Morgan fingerprint density at radius 2 is 1.83 bits per heavy atom. The zero-order chi connectivity index (χ0) is 16.7. The fourth-order valence-electron chi connectivity index (χ4n) is 4.03. The van der Waals surface area contributed by atoms with E-state index in [0.717, 1.165) is 12.1 Å². The number of likely N-dealkylation sites (tertiary alicyclic amines) is 1. The summed E-state index contributed by atoms with van der Waals surface area (Å²) in [6.45, 7) is 1.80. The quantitative estimate of drug-likeness (QED) is 0.911. The van der Waals surface area contributed by atoms with Crippen LogP contribution in [0.5, 0.6) is 0 Å². The maximum atomic E-state index is 12.7. The number of hydrogen-bond donors (Lipinski definition) is 1. The molecule has 2 aliphatic heterocycles. The van der Waals surface area contributed by atoms with E-state index in [2.05, 4.69) is 0 Å². The molecular formula is C19H20N2O3. The van der Waals surface area contributed by atoms with Crippen molar-refractivity contribution in [2.75, 3.05) is 13.1 Å². The van der Waals surface area contributed by atoms with E-state index in [1.54, 1.807) is 29.2 Å². The smallest absolute Gasteiger partial charge is 0.256 e. The molecule has 2 aliphatic rings. The Labute approximate surface area is 140 Å². The number of carbonyl (C=O) groups excluding carboxylic acids is 1. The minimum Gasteiger partial charge on any atom is -0.378 e. The van der Waals surface area contributed by atoms with Gasteiger partial charge in [0.25, 0.3) is 11.5 Å². The first-order valence-electron chi connectivity index (χ1n) is 8.35. The topological polar surface area (TPSA) is 62.5 Å². The van der Waals surface area contributed by atoms with Crippen LogP contribution in [0.25, 0.3) is 0 Å². The number of aliphatic hydroxyl groups is 1. The largest absolute Gasteiger partial charge is 0.378 e. The number of aliphatic hydroxyl groups excluding tert-OH is 1. The van der Waals surface area contributed by atoms with Gasteiger partial charge in [0.05, 0.1) is 0 Å². The number of rotatable bonds is 2. The molecule has 1 fully saturated rings. The summed E-state index contributed by atoms with van der Waals surface area (Å²) in [5.74, 6) is 0.184. The lowest BCUT2D eigenvalue weighted by Gasteiger charge is -2.43. The summed E-state index contributed by atoms with van der Waals surface area (Å²) in [6.07, 6.45) is -0.128. The summed E-state index contributed by atoms with van der Waals surface area (Å²) in [5, 5.41) is 10.4. The van der Waals surface area contributed by atoms with Gasteiger partial charge in [-0.1, -0.05) is 36.4 Å². The second kappa shape index (κ2) is 5.91. The second-order valence-corrected chi connectivity index (χ2v) is 6.75. The first kappa shape index (κ1) is 15.1. The van der Waals surface area contributed by atoms with Gasteiger partial charge in [-0.15, -0.1) is 0 Å². The van der Waals surface area contributed by atoms with Crippen molar-refractivity contribution in [1.82, 2.24) is 9.47 Å². The van der Waals surface area contributed by atoms with E-state index < -0.39 is 6.10 Å². The molecule has 1 aromatic heterocycles. The Morgan fingerprint density at radius 3 is 2.62 bits per heavy atom. The number of fused-ring (bicyclic) bond motifs is 4. The molecule has 5 heteroatoms. The van der Waals surface area contributed by atoms with Gasteiger partial charge in [-0.2, -0.15) is 0 Å². The summed E-state index contributed by atoms with van der Waals surface area (Å²) in [4.78, 5) is 26.5. The van der Waals surface area contributed by atoms with E-state index in [4.69, 9.17) is 0 Å². The van der Waals surface area contributed by atoms with Crippen LogP contribution in [-0.2, 0) is 11.3 Å². The van der Waals surface area contributed by atoms with Crippen molar-refractivity contribution in [2.24, 2.45) is 5.92 Å². The molecule has 1 N–H and O–H groups in total. The predicted molar refractivity (Wildman–Crippen MR) is 89.5 cm³/mol. The van der Waals surface area contributed by atoms with Crippen molar-refractivity contribution in [3.63, 3.8) is 0 Å². The van der Waals surface area contributed by atoms with Crippen LogP contribution in [0.4, 0.5) is 0 Å². The highest BCUT2D eigenvalue weighted by Crippen LogP contribution is 2.35. The van der Waals surface area contributed by atoms with Crippen molar-refractivity contribution in [3.8, 4) is 0 Å². The van der Waals surface area contributed by atoms with Crippen LogP contribution in [0.15, 0.2) is 53.3 Å². The summed E-state index contributed by atoms with van der Waals surface area (Å²) >= 11 is 0. The van der Waals surface area contributed by atoms with E-state index in [0.29, 0.717) is 25.2 Å². The SMILES string of the molecule is O=C(C(O)c1ccccc1)N1CC2CC(C1)c1cccc(=O)n1C2. The van der Waals surface area contributed by atoms with E-state index in [-0.39, 0.29) is 23.3 Å². The third-order valence-electron chi connectivity index (χ3n) is 5.14. The summed E-state index contributed by atoms with van der Waals surface area (Å²) in [6, 6.07) is 14.4. The monoisotopic (exact) mass is 324 g/mol. The Balaban J connectivity index is 1.58. The lowest BCUT2D eigenvalue weighted by atomic mass is 9.83. The summed E-state index contributed by atoms with van der Waals surface area (Å²) in [5.41, 5.74) is 1.66. The third-order valence-corrected chi connectivity index (χ3v) is 5.14. The van der Waals surface area contributed by atoms with Crippen LogP contribution in [0, 0.1) is 5.92 Å². The molecule has 2 aromatic rings. The molecule has 3 unspecified atom stereocenters.